The highest BCUT2D eigenvalue weighted by atomic mass is 32.2. The van der Waals surface area contributed by atoms with Crippen LogP contribution >= 0.6 is 0 Å². The van der Waals surface area contributed by atoms with Gasteiger partial charge >= 0.3 is 5.97 Å². The molecule has 0 amide bonds. The van der Waals surface area contributed by atoms with E-state index >= 15 is 0 Å². The third kappa shape index (κ3) is 3.62. The Bertz CT molecular complexity index is 838. The zero-order valence-electron chi connectivity index (χ0n) is 11.4. The summed E-state index contributed by atoms with van der Waals surface area (Å²) in [4.78, 5) is 10.5. The normalized spacial score (nSPS) is 11.3. The van der Waals surface area contributed by atoms with E-state index in [1.54, 1.807) is 0 Å². The molecule has 23 heavy (non-hydrogen) atoms. The Morgan fingerprint density at radius 1 is 1.00 bits per heavy atom. The van der Waals surface area contributed by atoms with Crippen LogP contribution < -0.4 is 4.31 Å². The maximum atomic E-state index is 13.9. The van der Waals surface area contributed by atoms with Crippen molar-refractivity contribution in [1.29, 1.82) is 0 Å². The molecule has 5 nitrogen and oxygen atoms in total. The molecule has 9 heteroatoms. The van der Waals surface area contributed by atoms with Crippen molar-refractivity contribution in [3.05, 3.63) is 59.9 Å². The summed E-state index contributed by atoms with van der Waals surface area (Å²) in [6, 6.07) is 5.62. The van der Waals surface area contributed by atoms with Gasteiger partial charge in [0.1, 0.15) is 24.0 Å². The molecule has 0 spiro atoms. The molecule has 0 atom stereocenters. The van der Waals surface area contributed by atoms with Gasteiger partial charge in [-0.2, -0.15) is 0 Å². The molecule has 0 fully saturated rings. The maximum absolute atomic E-state index is 13.9. The second-order valence-corrected chi connectivity index (χ2v) is 6.32. The topological polar surface area (TPSA) is 74.7 Å². The van der Waals surface area contributed by atoms with Crippen LogP contribution in [0.3, 0.4) is 0 Å². The molecule has 0 aliphatic rings. The second-order valence-electron chi connectivity index (χ2n) is 4.46. The molecular weight excluding hydrogens is 335 g/mol. The fourth-order valence-corrected chi connectivity index (χ4v) is 3.26. The molecule has 0 heterocycles. The number of carboxylic acids is 1. The molecule has 0 unspecified atom stereocenters. The number of aliphatic carboxylic acids is 1. The fourth-order valence-electron chi connectivity index (χ4n) is 1.84. The van der Waals surface area contributed by atoms with E-state index in [0.29, 0.717) is 6.07 Å². The van der Waals surface area contributed by atoms with Crippen LogP contribution in [0.2, 0.25) is 0 Å². The van der Waals surface area contributed by atoms with E-state index in [-0.39, 0.29) is 4.31 Å². The lowest BCUT2D eigenvalue weighted by molar-refractivity contribution is -0.135. The Morgan fingerprint density at radius 3 is 2.09 bits per heavy atom. The average Bonchev–Trinajstić information content (AvgIpc) is 2.45. The van der Waals surface area contributed by atoms with Crippen molar-refractivity contribution in [2.24, 2.45) is 0 Å². The lowest BCUT2D eigenvalue weighted by Crippen LogP contribution is -2.36. The quantitative estimate of drug-likeness (QED) is 0.903. The number of nitrogens with zero attached hydrogens (tertiary/aromatic N) is 1. The molecule has 0 bridgehead atoms. The van der Waals surface area contributed by atoms with Gasteiger partial charge in [-0.3, -0.25) is 9.10 Å². The third-order valence-corrected chi connectivity index (χ3v) is 4.63. The summed E-state index contributed by atoms with van der Waals surface area (Å²) in [6.07, 6.45) is 0. The van der Waals surface area contributed by atoms with Gasteiger partial charge in [0.05, 0.1) is 10.6 Å². The molecule has 0 saturated carbocycles. The number of benzene rings is 2. The Morgan fingerprint density at radius 2 is 1.57 bits per heavy atom. The number of rotatable bonds is 5. The van der Waals surface area contributed by atoms with Crippen molar-refractivity contribution in [3.63, 3.8) is 0 Å². The van der Waals surface area contributed by atoms with E-state index in [0.717, 1.165) is 36.4 Å². The van der Waals surface area contributed by atoms with Gasteiger partial charge in [-0.05, 0) is 36.4 Å². The van der Waals surface area contributed by atoms with Crippen LogP contribution in [-0.2, 0) is 14.8 Å². The van der Waals surface area contributed by atoms with Gasteiger partial charge in [0.25, 0.3) is 10.0 Å². The van der Waals surface area contributed by atoms with Gasteiger partial charge in [-0.15, -0.1) is 0 Å². The number of hydrogen-bond donors (Lipinski definition) is 1. The second kappa shape index (κ2) is 6.29. The SMILES string of the molecule is O=C(O)CN(c1ccc(F)cc1F)S(=O)(=O)c1ccc(F)cc1. The zero-order valence-corrected chi connectivity index (χ0v) is 12.2. The van der Waals surface area contributed by atoms with Crippen molar-refractivity contribution in [1.82, 2.24) is 0 Å². The predicted molar refractivity (Wildman–Crippen MR) is 74.9 cm³/mol. The average molecular weight is 345 g/mol. The number of sulfonamides is 1. The first-order valence-corrected chi connectivity index (χ1v) is 7.61. The molecule has 2 aromatic carbocycles. The van der Waals surface area contributed by atoms with Crippen LogP contribution in [0.5, 0.6) is 0 Å². The molecule has 2 rings (SSSR count). The highest BCUT2D eigenvalue weighted by molar-refractivity contribution is 7.92. The number of anilines is 1. The lowest BCUT2D eigenvalue weighted by atomic mass is 10.3. The van der Waals surface area contributed by atoms with E-state index in [9.17, 15) is 26.4 Å². The molecule has 0 saturated heterocycles. The van der Waals surface area contributed by atoms with Gasteiger partial charge in [-0.1, -0.05) is 0 Å². The number of carboxylic acid groups (broad SMARTS) is 1. The van der Waals surface area contributed by atoms with E-state index < -0.39 is 50.6 Å². The molecule has 0 aromatic heterocycles. The number of hydrogen-bond acceptors (Lipinski definition) is 3. The first-order chi connectivity index (χ1) is 10.7. The van der Waals surface area contributed by atoms with Crippen molar-refractivity contribution in [2.75, 3.05) is 10.8 Å². The van der Waals surface area contributed by atoms with Crippen LogP contribution in [-0.4, -0.2) is 26.0 Å². The zero-order chi connectivity index (χ0) is 17.2. The van der Waals surface area contributed by atoms with Gasteiger partial charge in [0.15, 0.2) is 0 Å². The molecule has 122 valence electrons. The monoisotopic (exact) mass is 345 g/mol. The number of halogens is 3. The summed E-state index contributed by atoms with van der Waals surface area (Å²) < 4.78 is 65.0. The molecular formula is C14H10F3NO4S. The van der Waals surface area contributed by atoms with Crippen molar-refractivity contribution < 1.29 is 31.5 Å². The van der Waals surface area contributed by atoms with Crippen molar-refractivity contribution >= 4 is 21.7 Å². The van der Waals surface area contributed by atoms with Crippen molar-refractivity contribution in [2.45, 2.75) is 4.90 Å². The molecule has 0 aliphatic heterocycles. The first kappa shape index (κ1) is 16.8. The summed E-state index contributed by atoms with van der Waals surface area (Å²) in [5, 5.41) is 8.88. The Hall–Kier alpha value is -2.55. The predicted octanol–water partition coefficient (Wildman–Crippen LogP) is 2.38. The van der Waals surface area contributed by atoms with Gasteiger partial charge in [0, 0.05) is 6.07 Å². The minimum absolute atomic E-state index is 0.275. The highest BCUT2D eigenvalue weighted by Crippen LogP contribution is 2.26. The lowest BCUT2D eigenvalue weighted by Gasteiger charge is -2.23. The molecule has 2 aromatic rings. The van der Waals surface area contributed by atoms with E-state index in [1.165, 1.54) is 0 Å². The Kier molecular flexibility index (Phi) is 4.60. The van der Waals surface area contributed by atoms with E-state index in [2.05, 4.69) is 0 Å². The minimum atomic E-state index is -4.48. The maximum Gasteiger partial charge on any atom is 0.324 e. The van der Waals surface area contributed by atoms with Crippen LogP contribution in [0, 0.1) is 17.5 Å². The van der Waals surface area contributed by atoms with Crippen LogP contribution in [0.15, 0.2) is 47.4 Å². The Balaban J connectivity index is 2.57. The minimum Gasteiger partial charge on any atom is -0.480 e. The first-order valence-electron chi connectivity index (χ1n) is 6.17. The summed E-state index contributed by atoms with van der Waals surface area (Å²) in [7, 11) is -4.48. The summed E-state index contributed by atoms with van der Waals surface area (Å²) >= 11 is 0. The highest BCUT2D eigenvalue weighted by Gasteiger charge is 2.29. The molecule has 0 aliphatic carbocycles. The van der Waals surface area contributed by atoms with Crippen LogP contribution in [0.4, 0.5) is 18.9 Å². The van der Waals surface area contributed by atoms with Gasteiger partial charge in [-0.25, -0.2) is 21.6 Å². The van der Waals surface area contributed by atoms with Crippen molar-refractivity contribution in [3.8, 4) is 0 Å². The van der Waals surface area contributed by atoms with Gasteiger partial charge < -0.3 is 5.11 Å². The van der Waals surface area contributed by atoms with E-state index in [4.69, 9.17) is 5.11 Å². The fraction of sp³-hybridized carbons (Fsp3) is 0.0714. The van der Waals surface area contributed by atoms with E-state index in [1.807, 2.05) is 0 Å². The van der Waals surface area contributed by atoms with Gasteiger partial charge in [0.2, 0.25) is 0 Å². The Labute approximate surface area is 129 Å². The summed E-state index contributed by atoms with van der Waals surface area (Å²) in [5.41, 5.74) is -0.627. The van der Waals surface area contributed by atoms with Crippen LogP contribution in [0.25, 0.3) is 0 Å². The molecule has 0 radical (unpaired) electrons. The van der Waals surface area contributed by atoms with Crippen LogP contribution in [0.1, 0.15) is 0 Å². The largest absolute Gasteiger partial charge is 0.480 e. The summed E-state index contributed by atoms with van der Waals surface area (Å²) in [6.45, 7) is -1.08. The molecule has 1 N–H and O–H groups in total. The number of carbonyl (C=O) groups is 1. The summed E-state index contributed by atoms with van der Waals surface area (Å²) in [5.74, 6) is -4.42. The smallest absolute Gasteiger partial charge is 0.324 e. The standard InChI is InChI=1S/C14H10F3NO4S/c15-9-1-4-11(5-2-9)23(21,22)18(8-14(19)20)13-6-3-10(16)7-12(13)17/h1-7H,8H2,(H,19,20). The third-order valence-electron chi connectivity index (χ3n) is 2.86.